The molecule has 0 aromatic heterocycles. The van der Waals surface area contributed by atoms with Crippen molar-refractivity contribution in [2.45, 2.75) is 6.61 Å². The molecule has 3 rings (SSSR count). The van der Waals surface area contributed by atoms with Crippen LogP contribution in [0.4, 0.5) is 4.39 Å². The maximum absolute atomic E-state index is 13.5. The van der Waals surface area contributed by atoms with Crippen LogP contribution in [0.3, 0.4) is 0 Å². The zero-order valence-electron chi connectivity index (χ0n) is 11.9. The van der Waals surface area contributed by atoms with Gasteiger partial charge < -0.3 is 10.1 Å². The molecule has 0 unspecified atom stereocenters. The van der Waals surface area contributed by atoms with E-state index in [0.29, 0.717) is 9.23 Å². The number of hydrogen-bond acceptors (Lipinski definition) is 4. The van der Waals surface area contributed by atoms with Gasteiger partial charge in [-0.2, -0.15) is 0 Å². The number of carbonyl (C=O) groups excluding carboxylic acids is 1. The Labute approximate surface area is 142 Å². The largest absolute Gasteiger partial charge is 0.486 e. The summed E-state index contributed by atoms with van der Waals surface area (Å²) in [5.74, 6) is -0.362. The standard InChI is InChI=1S/C17H12FNO2S2/c18-13-6-1-2-7-14(13)21-10-12-5-3-4-11(8-12)9-15-16(20)19-17(22)23-15/h1-9H,10H2,(H,19,20,22). The van der Waals surface area contributed by atoms with Crippen LogP contribution in [0.15, 0.2) is 53.4 Å². The van der Waals surface area contributed by atoms with Crippen molar-refractivity contribution in [3.8, 4) is 5.75 Å². The fraction of sp³-hybridized carbons (Fsp3) is 0.0588. The summed E-state index contributed by atoms with van der Waals surface area (Å²) in [6.45, 7) is 0.246. The molecule has 2 aromatic rings. The van der Waals surface area contributed by atoms with Gasteiger partial charge in [0.1, 0.15) is 10.9 Å². The van der Waals surface area contributed by atoms with E-state index in [-0.39, 0.29) is 18.3 Å². The Morgan fingerprint density at radius 2 is 2.04 bits per heavy atom. The van der Waals surface area contributed by atoms with Crippen molar-refractivity contribution < 1.29 is 13.9 Å². The highest BCUT2D eigenvalue weighted by Gasteiger charge is 2.21. The van der Waals surface area contributed by atoms with Crippen molar-refractivity contribution in [3.05, 3.63) is 70.4 Å². The van der Waals surface area contributed by atoms with E-state index in [4.69, 9.17) is 17.0 Å². The third-order valence-corrected chi connectivity index (χ3v) is 4.28. The van der Waals surface area contributed by atoms with Gasteiger partial charge in [0, 0.05) is 0 Å². The molecular weight excluding hydrogens is 333 g/mol. The van der Waals surface area contributed by atoms with E-state index in [1.807, 2.05) is 24.3 Å². The molecule has 1 fully saturated rings. The minimum Gasteiger partial charge on any atom is -0.486 e. The number of carbonyl (C=O) groups is 1. The minimum absolute atomic E-state index is 0.187. The van der Waals surface area contributed by atoms with Crippen molar-refractivity contribution in [1.29, 1.82) is 0 Å². The lowest BCUT2D eigenvalue weighted by atomic mass is 10.1. The minimum atomic E-state index is -0.390. The predicted molar refractivity (Wildman–Crippen MR) is 93.5 cm³/mol. The molecule has 1 aliphatic heterocycles. The van der Waals surface area contributed by atoms with Crippen molar-refractivity contribution in [2.24, 2.45) is 0 Å². The zero-order valence-corrected chi connectivity index (χ0v) is 13.5. The second kappa shape index (κ2) is 6.93. The fourth-order valence-corrected chi connectivity index (χ4v) is 3.11. The van der Waals surface area contributed by atoms with Gasteiger partial charge in [0.05, 0.1) is 4.91 Å². The number of ether oxygens (including phenoxy) is 1. The highest BCUT2D eigenvalue weighted by molar-refractivity contribution is 8.26. The molecule has 0 saturated carbocycles. The Morgan fingerprint density at radius 3 is 2.78 bits per heavy atom. The lowest BCUT2D eigenvalue weighted by molar-refractivity contribution is -0.115. The number of nitrogens with one attached hydrogen (secondary N) is 1. The number of para-hydroxylation sites is 1. The number of thioether (sulfide) groups is 1. The van der Waals surface area contributed by atoms with Gasteiger partial charge in [-0.05, 0) is 35.4 Å². The van der Waals surface area contributed by atoms with Crippen LogP contribution in [0.1, 0.15) is 11.1 Å². The van der Waals surface area contributed by atoms with Crippen LogP contribution in [0.2, 0.25) is 0 Å². The van der Waals surface area contributed by atoms with Gasteiger partial charge in [0.15, 0.2) is 11.6 Å². The zero-order chi connectivity index (χ0) is 16.2. The summed E-state index contributed by atoms with van der Waals surface area (Å²) in [6, 6.07) is 13.8. The highest BCUT2D eigenvalue weighted by Crippen LogP contribution is 2.26. The smallest absolute Gasteiger partial charge is 0.263 e. The summed E-state index contributed by atoms with van der Waals surface area (Å²) in [6.07, 6.45) is 1.77. The average Bonchev–Trinajstić information content (AvgIpc) is 2.84. The van der Waals surface area contributed by atoms with Crippen LogP contribution in [0, 0.1) is 5.82 Å². The summed E-state index contributed by atoms with van der Waals surface area (Å²) in [4.78, 5) is 12.2. The first-order chi connectivity index (χ1) is 11.1. The second-order valence-corrected chi connectivity index (χ2v) is 6.54. The number of amides is 1. The molecule has 2 aromatic carbocycles. The monoisotopic (exact) mass is 345 g/mol. The van der Waals surface area contributed by atoms with Crippen LogP contribution in [0.5, 0.6) is 5.75 Å². The molecule has 3 nitrogen and oxygen atoms in total. The number of thiocarbonyl (C=S) groups is 1. The highest BCUT2D eigenvalue weighted by atomic mass is 32.2. The van der Waals surface area contributed by atoms with E-state index in [2.05, 4.69) is 5.32 Å². The summed E-state index contributed by atoms with van der Waals surface area (Å²) >= 11 is 6.20. The molecule has 0 spiro atoms. The summed E-state index contributed by atoms with van der Waals surface area (Å²) in [5.41, 5.74) is 1.75. The van der Waals surface area contributed by atoms with Gasteiger partial charge in [-0.15, -0.1) is 0 Å². The summed E-state index contributed by atoms with van der Waals surface area (Å²) < 4.78 is 19.5. The molecule has 1 heterocycles. The molecule has 6 heteroatoms. The van der Waals surface area contributed by atoms with Crippen LogP contribution in [0.25, 0.3) is 6.08 Å². The molecular formula is C17H12FNO2S2. The van der Waals surface area contributed by atoms with Crippen molar-refractivity contribution in [1.82, 2.24) is 5.32 Å². The summed E-state index contributed by atoms with van der Waals surface area (Å²) in [5, 5.41) is 2.58. The van der Waals surface area contributed by atoms with Crippen molar-refractivity contribution in [3.63, 3.8) is 0 Å². The first-order valence-corrected chi connectivity index (χ1v) is 8.05. The molecule has 116 valence electrons. The van der Waals surface area contributed by atoms with E-state index in [0.717, 1.165) is 11.1 Å². The first-order valence-electron chi connectivity index (χ1n) is 6.83. The average molecular weight is 345 g/mol. The molecule has 0 atom stereocenters. The molecule has 1 aliphatic rings. The normalized spacial score (nSPS) is 15.8. The Kier molecular flexibility index (Phi) is 4.73. The Bertz CT molecular complexity index is 805. The maximum Gasteiger partial charge on any atom is 0.263 e. The number of halogens is 1. The molecule has 1 N–H and O–H groups in total. The first kappa shape index (κ1) is 15.7. The maximum atomic E-state index is 13.5. The molecule has 0 aliphatic carbocycles. The fourth-order valence-electron chi connectivity index (χ4n) is 2.07. The molecule has 1 saturated heterocycles. The Hall–Kier alpha value is -2.18. The van der Waals surface area contributed by atoms with Crippen molar-refractivity contribution >= 4 is 40.3 Å². The summed E-state index contributed by atoms with van der Waals surface area (Å²) in [7, 11) is 0. The second-order valence-electron chi connectivity index (χ2n) is 4.82. The Balaban J connectivity index is 1.73. The van der Waals surface area contributed by atoms with E-state index in [1.165, 1.54) is 17.8 Å². The lowest BCUT2D eigenvalue weighted by Gasteiger charge is -2.07. The third kappa shape index (κ3) is 3.97. The van der Waals surface area contributed by atoms with Crippen molar-refractivity contribution in [2.75, 3.05) is 0 Å². The van der Waals surface area contributed by atoms with E-state index >= 15 is 0 Å². The molecule has 0 bridgehead atoms. The lowest BCUT2D eigenvalue weighted by Crippen LogP contribution is -2.17. The van der Waals surface area contributed by atoms with E-state index in [1.54, 1.807) is 24.3 Å². The van der Waals surface area contributed by atoms with Crippen LogP contribution in [-0.4, -0.2) is 10.2 Å². The number of benzene rings is 2. The number of hydrogen-bond donors (Lipinski definition) is 1. The SMILES string of the molecule is O=C1NC(=S)SC1=Cc1cccc(COc2ccccc2F)c1. The molecule has 23 heavy (non-hydrogen) atoms. The van der Waals surface area contributed by atoms with Gasteiger partial charge in [-0.1, -0.05) is 54.3 Å². The van der Waals surface area contributed by atoms with E-state index in [9.17, 15) is 9.18 Å². The molecule has 1 amide bonds. The van der Waals surface area contributed by atoms with Crippen LogP contribution < -0.4 is 10.1 Å². The predicted octanol–water partition coefficient (Wildman–Crippen LogP) is 3.89. The molecule has 0 radical (unpaired) electrons. The van der Waals surface area contributed by atoms with Gasteiger partial charge in [-0.25, -0.2) is 4.39 Å². The van der Waals surface area contributed by atoms with Gasteiger partial charge in [0.25, 0.3) is 5.91 Å². The van der Waals surface area contributed by atoms with Crippen LogP contribution >= 0.6 is 24.0 Å². The van der Waals surface area contributed by atoms with Gasteiger partial charge in [-0.3, -0.25) is 4.79 Å². The van der Waals surface area contributed by atoms with Gasteiger partial charge >= 0.3 is 0 Å². The quantitative estimate of drug-likeness (QED) is 0.674. The van der Waals surface area contributed by atoms with Gasteiger partial charge in [0.2, 0.25) is 0 Å². The van der Waals surface area contributed by atoms with Crippen LogP contribution in [-0.2, 0) is 11.4 Å². The third-order valence-electron chi connectivity index (χ3n) is 3.12. The Morgan fingerprint density at radius 1 is 1.22 bits per heavy atom. The van der Waals surface area contributed by atoms with E-state index < -0.39 is 5.82 Å². The topological polar surface area (TPSA) is 38.3 Å². The number of rotatable bonds is 4.